The highest BCUT2D eigenvalue weighted by atomic mass is 16.4. The van der Waals surface area contributed by atoms with E-state index < -0.39 is 5.97 Å². The lowest BCUT2D eigenvalue weighted by molar-refractivity contribution is -0.137. The molecular formula is C14H20O2. The van der Waals surface area contributed by atoms with E-state index in [9.17, 15) is 4.79 Å². The molecule has 1 atom stereocenters. The van der Waals surface area contributed by atoms with Crippen LogP contribution >= 0.6 is 0 Å². The quantitative estimate of drug-likeness (QED) is 0.823. The second kappa shape index (κ2) is 5.69. The maximum Gasteiger partial charge on any atom is 0.303 e. The van der Waals surface area contributed by atoms with Crippen LogP contribution in [0.2, 0.25) is 0 Å². The van der Waals surface area contributed by atoms with Gasteiger partial charge in [-0.25, -0.2) is 0 Å². The minimum atomic E-state index is -0.716. The molecule has 1 rings (SSSR count). The summed E-state index contributed by atoms with van der Waals surface area (Å²) >= 11 is 0. The average molecular weight is 220 g/mol. The van der Waals surface area contributed by atoms with Crippen molar-refractivity contribution in [1.82, 2.24) is 0 Å². The van der Waals surface area contributed by atoms with Crippen LogP contribution < -0.4 is 0 Å². The number of carboxylic acids is 1. The van der Waals surface area contributed by atoms with Crippen molar-refractivity contribution < 1.29 is 9.90 Å². The zero-order chi connectivity index (χ0) is 12.1. The Bertz CT molecular complexity index is 356. The molecule has 1 aromatic rings. The molecule has 0 aliphatic heterocycles. The fourth-order valence-electron chi connectivity index (χ4n) is 2.04. The van der Waals surface area contributed by atoms with Crippen LogP contribution in [0.4, 0.5) is 0 Å². The zero-order valence-electron chi connectivity index (χ0n) is 10.2. The first-order chi connectivity index (χ1) is 7.49. The highest BCUT2D eigenvalue weighted by Crippen LogP contribution is 2.27. The first-order valence-corrected chi connectivity index (χ1v) is 5.77. The molecule has 1 unspecified atom stereocenters. The van der Waals surface area contributed by atoms with Crippen LogP contribution in [0.5, 0.6) is 0 Å². The van der Waals surface area contributed by atoms with Crippen molar-refractivity contribution in [2.24, 2.45) is 5.92 Å². The molecule has 0 fully saturated rings. The first-order valence-electron chi connectivity index (χ1n) is 5.77. The molecule has 2 nitrogen and oxygen atoms in total. The van der Waals surface area contributed by atoms with Crippen molar-refractivity contribution in [3.63, 3.8) is 0 Å². The second-order valence-corrected chi connectivity index (χ2v) is 4.84. The fraction of sp³-hybridized carbons (Fsp3) is 0.500. The molecule has 16 heavy (non-hydrogen) atoms. The molecule has 0 aromatic heterocycles. The van der Waals surface area contributed by atoms with Crippen LogP contribution in [0.3, 0.4) is 0 Å². The van der Waals surface area contributed by atoms with Gasteiger partial charge in [0.1, 0.15) is 0 Å². The van der Waals surface area contributed by atoms with Gasteiger partial charge in [0.05, 0.1) is 6.42 Å². The van der Waals surface area contributed by atoms with Crippen molar-refractivity contribution in [2.75, 3.05) is 0 Å². The molecule has 1 aromatic carbocycles. The van der Waals surface area contributed by atoms with Crippen molar-refractivity contribution in [1.29, 1.82) is 0 Å². The summed E-state index contributed by atoms with van der Waals surface area (Å²) in [5.41, 5.74) is 2.34. The number of aliphatic carboxylic acids is 1. The SMILES string of the molecule is Cc1cccc(C(CC(=O)O)CC(C)C)c1. The number of carboxylic acid groups (broad SMARTS) is 1. The summed E-state index contributed by atoms with van der Waals surface area (Å²) in [4.78, 5) is 10.8. The normalized spacial score (nSPS) is 12.8. The summed E-state index contributed by atoms with van der Waals surface area (Å²) in [6, 6.07) is 8.16. The molecule has 0 bridgehead atoms. The number of benzene rings is 1. The number of hydrogen-bond acceptors (Lipinski definition) is 1. The molecule has 0 radical (unpaired) electrons. The minimum Gasteiger partial charge on any atom is -0.481 e. The predicted molar refractivity (Wildman–Crippen MR) is 65.6 cm³/mol. The van der Waals surface area contributed by atoms with E-state index in [1.165, 1.54) is 5.56 Å². The molecule has 0 aliphatic rings. The van der Waals surface area contributed by atoms with Crippen LogP contribution in [0.25, 0.3) is 0 Å². The summed E-state index contributed by atoms with van der Waals surface area (Å²) in [6.45, 7) is 6.30. The molecule has 0 spiro atoms. The van der Waals surface area contributed by atoms with E-state index in [-0.39, 0.29) is 12.3 Å². The average Bonchev–Trinajstić information content (AvgIpc) is 2.15. The third kappa shape index (κ3) is 4.05. The Morgan fingerprint density at radius 2 is 2.06 bits per heavy atom. The smallest absolute Gasteiger partial charge is 0.303 e. The van der Waals surface area contributed by atoms with Gasteiger partial charge in [-0.1, -0.05) is 43.7 Å². The van der Waals surface area contributed by atoms with Crippen LogP contribution in [0.1, 0.15) is 43.7 Å². The van der Waals surface area contributed by atoms with Gasteiger partial charge in [-0.05, 0) is 30.7 Å². The fourth-order valence-corrected chi connectivity index (χ4v) is 2.04. The van der Waals surface area contributed by atoms with Gasteiger partial charge in [-0.2, -0.15) is 0 Å². The molecule has 88 valence electrons. The highest BCUT2D eigenvalue weighted by Gasteiger charge is 2.16. The number of carbonyl (C=O) groups is 1. The molecule has 0 aliphatic carbocycles. The Kier molecular flexibility index (Phi) is 4.53. The van der Waals surface area contributed by atoms with E-state index in [1.807, 2.05) is 25.1 Å². The Balaban J connectivity index is 2.86. The van der Waals surface area contributed by atoms with Crippen molar-refractivity contribution in [3.8, 4) is 0 Å². The molecule has 2 heteroatoms. The van der Waals surface area contributed by atoms with E-state index in [0.717, 1.165) is 12.0 Å². The molecule has 0 saturated heterocycles. The van der Waals surface area contributed by atoms with Crippen LogP contribution in [0, 0.1) is 12.8 Å². The molecule has 0 heterocycles. The number of hydrogen-bond donors (Lipinski definition) is 1. The summed E-state index contributed by atoms with van der Waals surface area (Å²) in [7, 11) is 0. The summed E-state index contributed by atoms with van der Waals surface area (Å²) in [6.07, 6.45) is 1.15. The Morgan fingerprint density at radius 1 is 1.38 bits per heavy atom. The second-order valence-electron chi connectivity index (χ2n) is 4.84. The molecular weight excluding hydrogens is 200 g/mol. The van der Waals surface area contributed by atoms with Gasteiger partial charge in [0.25, 0.3) is 0 Å². The van der Waals surface area contributed by atoms with E-state index in [1.54, 1.807) is 0 Å². The maximum absolute atomic E-state index is 10.8. The Morgan fingerprint density at radius 3 is 2.56 bits per heavy atom. The van der Waals surface area contributed by atoms with Crippen LogP contribution in [0.15, 0.2) is 24.3 Å². The van der Waals surface area contributed by atoms with Gasteiger partial charge in [0.2, 0.25) is 0 Å². The predicted octanol–water partition coefficient (Wildman–Crippen LogP) is 3.60. The van der Waals surface area contributed by atoms with E-state index in [4.69, 9.17) is 5.11 Å². The van der Waals surface area contributed by atoms with Crippen molar-refractivity contribution in [2.45, 2.75) is 39.5 Å². The van der Waals surface area contributed by atoms with E-state index >= 15 is 0 Å². The van der Waals surface area contributed by atoms with Gasteiger partial charge in [0, 0.05) is 0 Å². The van der Waals surface area contributed by atoms with Crippen LogP contribution in [-0.4, -0.2) is 11.1 Å². The van der Waals surface area contributed by atoms with Gasteiger partial charge >= 0.3 is 5.97 Å². The zero-order valence-corrected chi connectivity index (χ0v) is 10.2. The third-order valence-electron chi connectivity index (χ3n) is 2.69. The lowest BCUT2D eigenvalue weighted by Crippen LogP contribution is -2.09. The largest absolute Gasteiger partial charge is 0.481 e. The number of aryl methyl sites for hydroxylation is 1. The minimum absolute atomic E-state index is 0.136. The first kappa shape index (κ1) is 12.8. The standard InChI is InChI=1S/C14H20O2/c1-10(2)7-13(9-14(15)16)12-6-4-5-11(3)8-12/h4-6,8,10,13H,7,9H2,1-3H3,(H,15,16). The maximum atomic E-state index is 10.8. The monoisotopic (exact) mass is 220 g/mol. The van der Waals surface area contributed by atoms with Gasteiger partial charge in [0.15, 0.2) is 0 Å². The molecule has 0 saturated carbocycles. The van der Waals surface area contributed by atoms with Gasteiger partial charge in [-0.3, -0.25) is 4.79 Å². The van der Waals surface area contributed by atoms with Crippen molar-refractivity contribution >= 4 is 5.97 Å². The van der Waals surface area contributed by atoms with E-state index in [0.29, 0.717) is 5.92 Å². The van der Waals surface area contributed by atoms with Gasteiger partial charge in [-0.15, -0.1) is 0 Å². The Hall–Kier alpha value is -1.31. The summed E-state index contributed by atoms with van der Waals surface area (Å²) < 4.78 is 0. The van der Waals surface area contributed by atoms with E-state index in [2.05, 4.69) is 19.9 Å². The number of rotatable bonds is 5. The third-order valence-corrected chi connectivity index (χ3v) is 2.69. The summed E-state index contributed by atoms with van der Waals surface area (Å²) in [5.74, 6) is -0.0607. The Labute approximate surface area is 97.3 Å². The van der Waals surface area contributed by atoms with Crippen LogP contribution in [-0.2, 0) is 4.79 Å². The lowest BCUT2D eigenvalue weighted by atomic mass is 9.87. The lowest BCUT2D eigenvalue weighted by Gasteiger charge is -2.18. The topological polar surface area (TPSA) is 37.3 Å². The molecule has 1 N–H and O–H groups in total. The molecule has 0 amide bonds. The summed E-state index contributed by atoms with van der Waals surface area (Å²) in [5, 5.41) is 8.93. The highest BCUT2D eigenvalue weighted by molar-refractivity contribution is 5.68. The van der Waals surface area contributed by atoms with Crippen molar-refractivity contribution in [3.05, 3.63) is 35.4 Å². The van der Waals surface area contributed by atoms with Gasteiger partial charge < -0.3 is 5.11 Å².